The van der Waals surface area contributed by atoms with Gasteiger partial charge in [-0.3, -0.25) is 13.8 Å². The standard InChI is InChI=1S/C13H16O4S/c1-2-17-13(15)9-8-11(14)10-18(16)12-6-4-3-5-7-12/h3-7H,2,8-10H2,1H3. The first-order valence-corrected chi connectivity index (χ1v) is 7.06. The van der Waals surface area contributed by atoms with E-state index in [1.807, 2.05) is 6.07 Å². The van der Waals surface area contributed by atoms with Crippen LogP contribution in [-0.2, 0) is 25.1 Å². The largest absolute Gasteiger partial charge is 0.466 e. The van der Waals surface area contributed by atoms with Crippen LogP contribution in [0.2, 0.25) is 0 Å². The molecule has 0 radical (unpaired) electrons. The first-order chi connectivity index (χ1) is 8.63. The third kappa shape index (κ3) is 5.23. The van der Waals surface area contributed by atoms with Gasteiger partial charge in [-0.25, -0.2) is 0 Å². The van der Waals surface area contributed by atoms with Crippen molar-refractivity contribution in [3.8, 4) is 0 Å². The van der Waals surface area contributed by atoms with Crippen LogP contribution in [0.25, 0.3) is 0 Å². The maximum absolute atomic E-state index is 11.8. The first-order valence-electron chi connectivity index (χ1n) is 5.74. The Bertz CT molecular complexity index is 428. The van der Waals surface area contributed by atoms with Gasteiger partial charge in [-0.15, -0.1) is 0 Å². The summed E-state index contributed by atoms with van der Waals surface area (Å²) in [7, 11) is -1.33. The number of benzene rings is 1. The number of Topliss-reactive ketones (excluding diaryl/α,β-unsaturated/α-hetero) is 1. The Hall–Kier alpha value is -1.49. The first kappa shape index (κ1) is 14.6. The topological polar surface area (TPSA) is 60.4 Å². The predicted molar refractivity (Wildman–Crippen MR) is 68.6 cm³/mol. The minimum absolute atomic E-state index is 0.0522. The van der Waals surface area contributed by atoms with Crippen LogP contribution < -0.4 is 0 Å². The van der Waals surface area contributed by atoms with E-state index >= 15 is 0 Å². The van der Waals surface area contributed by atoms with Gasteiger partial charge in [0.15, 0.2) is 0 Å². The quantitative estimate of drug-likeness (QED) is 0.706. The van der Waals surface area contributed by atoms with Crippen molar-refractivity contribution in [1.29, 1.82) is 0 Å². The Balaban J connectivity index is 2.37. The molecule has 0 fully saturated rings. The second-order valence-corrected chi connectivity index (χ2v) is 5.10. The van der Waals surface area contributed by atoms with Crippen LogP contribution >= 0.6 is 0 Å². The highest BCUT2D eigenvalue weighted by molar-refractivity contribution is 7.85. The smallest absolute Gasteiger partial charge is 0.306 e. The van der Waals surface area contributed by atoms with Crippen molar-refractivity contribution >= 4 is 22.6 Å². The number of ether oxygens (including phenoxy) is 1. The van der Waals surface area contributed by atoms with Crippen molar-refractivity contribution in [2.45, 2.75) is 24.7 Å². The van der Waals surface area contributed by atoms with Gasteiger partial charge in [0.05, 0.1) is 29.6 Å². The SMILES string of the molecule is CCOC(=O)CCC(=O)CS(=O)c1ccccc1. The maximum Gasteiger partial charge on any atom is 0.306 e. The lowest BCUT2D eigenvalue weighted by molar-refractivity contribution is -0.144. The summed E-state index contributed by atoms with van der Waals surface area (Å²) >= 11 is 0. The molecule has 0 spiro atoms. The highest BCUT2D eigenvalue weighted by atomic mass is 32.2. The molecule has 98 valence electrons. The molecule has 0 aliphatic heterocycles. The molecule has 0 N–H and O–H groups in total. The van der Waals surface area contributed by atoms with Crippen molar-refractivity contribution in [2.24, 2.45) is 0 Å². The van der Waals surface area contributed by atoms with Gasteiger partial charge < -0.3 is 4.74 Å². The second kappa shape index (κ2) is 7.76. The van der Waals surface area contributed by atoms with Crippen molar-refractivity contribution in [3.63, 3.8) is 0 Å². The molecule has 4 nitrogen and oxygen atoms in total. The Labute approximate surface area is 109 Å². The summed E-state index contributed by atoms with van der Waals surface area (Å²) in [6.45, 7) is 2.02. The number of carbonyl (C=O) groups is 2. The lowest BCUT2D eigenvalue weighted by atomic mass is 10.2. The second-order valence-electron chi connectivity index (χ2n) is 3.65. The molecule has 1 aromatic rings. The van der Waals surface area contributed by atoms with Gasteiger partial charge in [0.25, 0.3) is 0 Å². The minimum atomic E-state index is -1.33. The predicted octanol–water partition coefficient (Wildman–Crippen LogP) is 1.71. The van der Waals surface area contributed by atoms with Gasteiger partial charge in [0.2, 0.25) is 0 Å². The van der Waals surface area contributed by atoms with Crippen LogP contribution in [0.4, 0.5) is 0 Å². The number of esters is 1. The average molecular weight is 268 g/mol. The Morgan fingerprint density at radius 1 is 1.17 bits per heavy atom. The summed E-state index contributed by atoms with van der Waals surface area (Å²) in [6, 6.07) is 8.80. The summed E-state index contributed by atoms with van der Waals surface area (Å²) in [4.78, 5) is 23.2. The van der Waals surface area contributed by atoms with Crippen molar-refractivity contribution < 1.29 is 18.5 Å². The molecule has 1 unspecified atom stereocenters. The number of rotatable bonds is 7. The molecule has 1 aromatic carbocycles. The van der Waals surface area contributed by atoms with Gasteiger partial charge in [0, 0.05) is 11.3 Å². The zero-order chi connectivity index (χ0) is 13.4. The normalized spacial score (nSPS) is 11.8. The van der Waals surface area contributed by atoms with Gasteiger partial charge >= 0.3 is 5.97 Å². The highest BCUT2D eigenvalue weighted by Crippen LogP contribution is 2.07. The van der Waals surface area contributed by atoms with Crippen LogP contribution in [0.1, 0.15) is 19.8 Å². The van der Waals surface area contributed by atoms with E-state index in [0.29, 0.717) is 11.5 Å². The van der Waals surface area contributed by atoms with E-state index in [0.717, 1.165) is 0 Å². The number of carbonyl (C=O) groups excluding carboxylic acids is 2. The fourth-order valence-corrected chi connectivity index (χ4v) is 2.41. The maximum atomic E-state index is 11.8. The summed E-state index contributed by atoms with van der Waals surface area (Å²) in [6.07, 6.45) is 0.135. The molecule has 0 saturated carbocycles. The summed E-state index contributed by atoms with van der Waals surface area (Å²) in [5, 5.41) is 0. The molecule has 1 rings (SSSR count). The Morgan fingerprint density at radius 2 is 1.83 bits per heavy atom. The zero-order valence-electron chi connectivity index (χ0n) is 10.3. The van der Waals surface area contributed by atoms with Gasteiger partial charge in [-0.05, 0) is 19.1 Å². The molecule has 0 amide bonds. The molecule has 0 bridgehead atoms. The molecule has 1 atom stereocenters. The third-order valence-corrected chi connectivity index (χ3v) is 3.59. The molecular formula is C13H16O4S. The summed E-state index contributed by atoms with van der Waals surface area (Å²) < 4.78 is 16.5. The van der Waals surface area contributed by atoms with E-state index in [1.165, 1.54) is 0 Å². The zero-order valence-corrected chi connectivity index (χ0v) is 11.1. The molecule has 5 heteroatoms. The van der Waals surface area contributed by atoms with Crippen molar-refractivity contribution in [1.82, 2.24) is 0 Å². The van der Waals surface area contributed by atoms with E-state index in [4.69, 9.17) is 4.74 Å². The highest BCUT2D eigenvalue weighted by Gasteiger charge is 2.12. The monoisotopic (exact) mass is 268 g/mol. The summed E-state index contributed by atoms with van der Waals surface area (Å²) in [5.74, 6) is -0.634. The van der Waals surface area contributed by atoms with Crippen LogP contribution in [0.3, 0.4) is 0 Å². The Morgan fingerprint density at radius 3 is 2.44 bits per heavy atom. The number of hydrogen-bond donors (Lipinski definition) is 0. The van der Waals surface area contributed by atoms with E-state index in [1.54, 1.807) is 31.2 Å². The molecule has 0 aliphatic carbocycles. The minimum Gasteiger partial charge on any atom is -0.466 e. The fraction of sp³-hybridized carbons (Fsp3) is 0.385. The van der Waals surface area contributed by atoms with Crippen molar-refractivity contribution in [3.05, 3.63) is 30.3 Å². The van der Waals surface area contributed by atoms with E-state index in [2.05, 4.69) is 0 Å². The van der Waals surface area contributed by atoms with Crippen LogP contribution in [0.15, 0.2) is 35.2 Å². The van der Waals surface area contributed by atoms with Crippen LogP contribution in [-0.4, -0.2) is 28.3 Å². The molecule has 18 heavy (non-hydrogen) atoms. The lowest BCUT2D eigenvalue weighted by Crippen LogP contribution is -2.13. The van der Waals surface area contributed by atoms with Gasteiger partial charge in [-0.1, -0.05) is 18.2 Å². The van der Waals surface area contributed by atoms with E-state index < -0.39 is 16.8 Å². The van der Waals surface area contributed by atoms with E-state index in [-0.39, 0.29) is 24.4 Å². The number of ketones is 1. The molecule has 0 saturated heterocycles. The molecule has 0 aromatic heterocycles. The lowest BCUT2D eigenvalue weighted by Gasteiger charge is -2.02. The van der Waals surface area contributed by atoms with Gasteiger partial charge in [0.1, 0.15) is 5.78 Å². The third-order valence-electron chi connectivity index (χ3n) is 2.21. The van der Waals surface area contributed by atoms with Gasteiger partial charge in [-0.2, -0.15) is 0 Å². The van der Waals surface area contributed by atoms with Crippen LogP contribution in [0, 0.1) is 0 Å². The fourth-order valence-electron chi connectivity index (χ4n) is 1.35. The molecule has 0 heterocycles. The summed E-state index contributed by atoms with van der Waals surface area (Å²) in [5.41, 5.74) is 0. The average Bonchev–Trinajstić information content (AvgIpc) is 2.38. The molecule has 0 aliphatic rings. The Kier molecular flexibility index (Phi) is 6.28. The number of hydrogen-bond acceptors (Lipinski definition) is 4. The van der Waals surface area contributed by atoms with Crippen molar-refractivity contribution in [2.75, 3.05) is 12.4 Å². The molecular weight excluding hydrogens is 252 g/mol. The van der Waals surface area contributed by atoms with Crippen LogP contribution in [0.5, 0.6) is 0 Å². The van der Waals surface area contributed by atoms with E-state index in [9.17, 15) is 13.8 Å².